The third-order valence-corrected chi connectivity index (χ3v) is 4.45. The maximum Gasteiger partial charge on any atom is 0.339 e. The number of hydrogen-bond acceptors (Lipinski definition) is 6. The standard InChI is InChI=1S/C19H23NO5/c1-18(2,3)25-17(23)12-5-4-6-14-15(12)16(22)13(11-21)19(24-14)7-9-20-10-8-19/h4-6,11,20-21H,7-10H2,1-3H3. The first kappa shape index (κ1) is 17.5. The first-order valence-electron chi connectivity index (χ1n) is 8.43. The molecular weight excluding hydrogens is 322 g/mol. The number of Topliss-reactive ketones (excluding diaryl/α,β-unsaturated/α-hetero) is 1. The molecule has 2 N–H and O–H groups in total. The number of aliphatic hydroxyl groups excluding tert-OH is 1. The van der Waals surface area contributed by atoms with Crippen LogP contribution in [0.2, 0.25) is 0 Å². The van der Waals surface area contributed by atoms with E-state index in [2.05, 4.69) is 5.32 Å². The molecule has 0 aromatic heterocycles. The van der Waals surface area contributed by atoms with E-state index < -0.39 is 17.2 Å². The molecule has 6 nitrogen and oxygen atoms in total. The van der Waals surface area contributed by atoms with Crippen molar-refractivity contribution in [2.45, 2.75) is 44.8 Å². The summed E-state index contributed by atoms with van der Waals surface area (Å²) in [6, 6.07) is 4.90. The van der Waals surface area contributed by atoms with Crippen LogP contribution >= 0.6 is 0 Å². The number of fused-ring (bicyclic) bond motifs is 1. The number of nitrogens with one attached hydrogen (secondary N) is 1. The van der Waals surface area contributed by atoms with Gasteiger partial charge in [0, 0.05) is 12.8 Å². The third kappa shape index (κ3) is 3.14. The number of carbonyl (C=O) groups excluding carboxylic acids is 2. The van der Waals surface area contributed by atoms with Crippen molar-refractivity contribution in [2.75, 3.05) is 13.1 Å². The van der Waals surface area contributed by atoms with Gasteiger partial charge in [0.25, 0.3) is 0 Å². The highest BCUT2D eigenvalue weighted by Gasteiger charge is 2.47. The van der Waals surface area contributed by atoms with Crippen molar-refractivity contribution in [1.29, 1.82) is 0 Å². The van der Waals surface area contributed by atoms with E-state index in [9.17, 15) is 14.7 Å². The van der Waals surface area contributed by atoms with Gasteiger partial charge in [0.05, 0.1) is 23.0 Å². The minimum atomic E-state index is -0.851. The Bertz CT molecular complexity index is 739. The van der Waals surface area contributed by atoms with E-state index in [0.717, 1.165) is 6.26 Å². The number of piperidine rings is 1. The molecule has 0 saturated carbocycles. The van der Waals surface area contributed by atoms with Crippen LogP contribution < -0.4 is 10.1 Å². The number of esters is 1. The Balaban J connectivity index is 2.07. The summed E-state index contributed by atoms with van der Waals surface area (Å²) in [4.78, 5) is 25.6. The molecule has 0 atom stereocenters. The average Bonchev–Trinajstić information content (AvgIpc) is 2.53. The first-order valence-corrected chi connectivity index (χ1v) is 8.43. The molecule has 0 radical (unpaired) electrons. The van der Waals surface area contributed by atoms with Crippen LogP contribution in [0.4, 0.5) is 0 Å². The predicted molar refractivity (Wildman–Crippen MR) is 92.1 cm³/mol. The van der Waals surface area contributed by atoms with E-state index >= 15 is 0 Å². The Morgan fingerprint density at radius 3 is 2.60 bits per heavy atom. The van der Waals surface area contributed by atoms with Gasteiger partial charge in [0.2, 0.25) is 5.78 Å². The maximum absolute atomic E-state index is 13.1. The molecule has 2 aliphatic heterocycles. The first-order chi connectivity index (χ1) is 11.8. The van der Waals surface area contributed by atoms with Gasteiger partial charge in [-0.25, -0.2) is 4.79 Å². The zero-order chi connectivity index (χ0) is 18.2. The van der Waals surface area contributed by atoms with Gasteiger partial charge in [-0.3, -0.25) is 4.79 Å². The zero-order valence-electron chi connectivity index (χ0n) is 14.7. The zero-order valence-corrected chi connectivity index (χ0v) is 14.7. The summed E-state index contributed by atoms with van der Waals surface area (Å²) in [7, 11) is 0. The van der Waals surface area contributed by atoms with Gasteiger partial charge in [0.15, 0.2) is 0 Å². The molecule has 0 amide bonds. The summed E-state index contributed by atoms with van der Waals surface area (Å²) >= 11 is 0. The van der Waals surface area contributed by atoms with E-state index in [-0.39, 0.29) is 22.5 Å². The second kappa shape index (κ2) is 6.19. The molecular formula is C19H23NO5. The monoisotopic (exact) mass is 345 g/mol. The number of ketones is 1. The quantitative estimate of drug-likeness (QED) is 0.462. The van der Waals surface area contributed by atoms with Gasteiger partial charge < -0.3 is 19.9 Å². The Labute approximate surface area is 146 Å². The van der Waals surface area contributed by atoms with Gasteiger partial charge in [-0.15, -0.1) is 0 Å². The summed E-state index contributed by atoms with van der Waals surface area (Å²) in [6.07, 6.45) is 1.96. The summed E-state index contributed by atoms with van der Waals surface area (Å²) in [5, 5.41) is 12.9. The Morgan fingerprint density at radius 1 is 1.32 bits per heavy atom. The van der Waals surface area contributed by atoms with Crippen molar-refractivity contribution in [3.63, 3.8) is 0 Å². The molecule has 0 bridgehead atoms. The normalized spacial score (nSPS) is 20.9. The van der Waals surface area contributed by atoms with E-state index in [1.54, 1.807) is 39.0 Å². The van der Waals surface area contributed by atoms with Gasteiger partial charge in [-0.2, -0.15) is 0 Å². The van der Waals surface area contributed by atoms with Crippen LogP contribution in [-0.2, 0) is 4.74 Å². The smallest absolute Gasteiger partial charge is 0.339 e. The highest BCUT2D eigenvalue weighted by atomic mass is 16.6. The second-order valence-electron chi connectivity index (χ2n) is 7.40. The number of benzene rings is 1. The Kier molecular flexibility index (Phi) is 4.33. The molecule has 0 aliphatic carbocycles. The lowest BCUT2D eigenvalue weighted by molar-refractivity contribution is 0.00628. The summed E-state index contributed by atoms with van der Waals surface area (Å²) < 4.78 is 11.6. The molecule has 1 aromatic carbocycles. The maximum atomic E-state index is 13.1. The molecule has 1 fully saturated rings. The molecule has 3 rings (SSSR count). The van der Waals surface area contributed by atoms with Crippen LogP contribution in [0, 0.1) is 0 Å². The number of hydrogen-bond donors (Lipinski definition) is 2. The van der Waals surface area contributed by atoms with Crippen molar-refractivity contribution in [2.24, 2.45) is 0 Å². The summed E-state index contributed by atoms with van der Waals surface area (Å²) in [6.45, 7) is 6.67. The molecule has 1 saturated heterocycles. The van der Waals surface area contributed by atoms with E-state index in [0.29, 0.717) is 31.7 Å². The molecule has 0 unspecified atom stereocenters. The van der Waals surface area contributed by atoms with E-state index in [1.165, 1.54) is 0 Å². The molecule has 2 aliphatic rings. The van der Waals surface area contributed by atoms with Gasteiger partial charge in [-0.1, -0.05) is 6.07 Å². The molecule has 1 aromatic rings. The minimum absolute atomic E-state index is 0.153. The minimum Gasteiger partial charge on any atom is -0.515 e. The van der Waals surface area contributed by atoms with E-state index in [4.69, 9.17) is 9.47 Å². The Hall–Kier alpha value is -2.34. The van der Waals surface area contributed by atoms with Crippen LogP contribution in [0.3, 0.4) is 0 Å². The van der Waals surface area contributed by atoms with Crippen molar-refractivity contribution < 1.29 is 24.2 Å². The summed E-state index contributed by atoms with van der Waals surface area (Å²) in [5.74, 6) is -0.604. The SMILES string of the molecule is CC(C)(C)OC(=O)c1cccc2c1C(=O)C(=CO)C1(CCNCC1)O2. The lowest BCUT2D eigenvalue weighted by Gasteiger charge is -2.42. The van der Waals surface area contributed by atoms with Crippen molar-refractivity contribution in [3.05, 3.63) is 41.2 Å². The Morgan fingerprint density at radius 2 is 2.00 bits per heavy atom. The largest absolute Gasteiger partial charge is 0.515 e. The number of rotatable bonds is 1. The number of carbonyl (C=O) groups is 2. The fourth-order valence-electron chi connectivity index (χ4n) is 3.34. The van der Waals surface area contributed by atoms with Crippen molar-refractivity contribution >= 4 is 11.8 Å². The van der Waals surface area contributed by atoms with Crippen LogP contribution in [0.15, 0.2) is 30.0 Å². The average molecular weight is 345 g/mol. The topological polar surface area (TPSA) is 84.9 Å². The predicted octanol–water partition coefficient (Wildman–Crippen LogP) is 2.78. The second-order valence-corrected chi connectivity index (χ2v) is 7.40. The van der Waals surface area contributed by atoms with Crippen LogP contribution in [0.5, 0.6) is 5.75 Å². The van der Waals surface area contributed by atoms with Crippen molar-refractivity contribution in [3.8, 4) is 5.75 Å². The molecule has 1 spiro atoms. The van der Waals surface area contributed by atoms with Crippen LogP contribution in [-0.4, -0.2) is 41.2 Å². The molecule has 6 heteroatoms. The van der Waals surface area contributed by atoms with Crippen LogP contribution in [0.1, 0.15) is 54.3 Å². The fraction of sp³-hybridized carbons (Fsp3) is 0.474. The molecule has 2 heterocycles. The number of aliphatic hydroxyl groups is 1. The fourth-order valence-corrected chi connectivity index (χ4v) is 3.34. The van der Waals surface area contributed by atoms with Gasteiger partial charge in [-0.05, 0) is 46.0 Å². The van der Waals surface area contributed by atoms with Crippen LogP contribution in [0.25, 0.3) is 0 Å². The van der Waals surface area contributed by atoms with Gasteiger partial charge >= 0.3 is 5.97 Å². The number of ether oxygens (including phenoxy) is 2. The van der Waals surface area contributed by atoms with E-state index in [1.807, 2.05) is 0 Å². The lowest BCUT2D eigenvalue weighted by atomic mass is 9.78. The van der Waals surface area contributed by atoms with Gasteiger partial charge in [0.1, 0.15) is 17.0 Å². The summed E-state index contributed by atoms with van der Waals surface area (Å²) in [5.41, 5.74) is -1.03. The third-order valence-electron chi connectivity index (χ3n) is 4.45. The molecule has 25 heavy (non-hydrogen) atoms. The van der Waals surface area contributed by atoms with Crippen molar-refractivity contribution in [1.82, 2.24) is 5.32 Å². The highest BCUT2D eigenvalue weighted by molar-refractivity contribution is 6.17. The molecule has 134 valence electrons. The highest BCUT2D eigenvalue weighted by Crippen LogP contribution is 2.42. The lowest BCUT2D eigenvalue weighted by Crippen LogP contribution is -2.51.